The normalized spacial score (nSPS) is 12.6. The monoisotopic (exact) mass is 493 g/mol. The van der Waals surface area contributed by atoms with Gasteiger partial charge in [0.25, 0.3) is 0 Å². The van der Waals surface area contributed by atoms with Crippen molar-refractivity contribution in [2.24, 2.45) is 0 Å². The lowest BCUT2D eigenvalue weighted by Crippen LogP contribution is -2.33. The third kappa shape index (κ3) is 5.20. The Labute approximate surface area is 190 Å². The Hall–Kier alpha value is -2.55. The number of hydrogen-bond donors (Lipinski definition) is 1. The van der Waals surface area contributed by atoms with Crippen LogP contribution in [-0.2, 0) is 28.9 Å². The van der Waals surface area contributed by atoms with Crippen LogP contribution in [0.15, 0.2) is 16.6 Å². The summed E-state index contributed by atoms with van der Waals surface area (Å²) < 4.78 is 18.2. The van der Waals surface area contributed by atoms with E-state index in [4.69, 9.17) is 19.3 Å². The Morgan fingerprint density at radius 2 is 1.97 bits per heavy atom. The third-order valence-electron chi connectivity index (χ3n) is 4.92. The molecule has 0 spiro atoms. The van der Waals surface area contributed by atoms with Gasteiger partial charge in [0.1, 0.15) is 17.0 Å². The summed E-state index contributed by atoms with van der Waals surface area (Å²) in [5.74, 6) is 0.355. The standard InChI is InChI=1S/C22H28BrN3O5/c1-22(2,3)31-21(28)24-9-6-10-26-19(20(27)30-5)14-8-7-13-11-17(29-4)16(23)12-15(13)18(14)25-26/h11-12H,6-10H2,1-5H3,(H,24,28). The molecule has 1 N–H and O–H groups in total. The van der Waals surface area contributed by atoms with Crippen LogP contribution in [0.3, 0.4) is 0 Å². The van der Waals surface area contributed by atoms with E-state index in [0.717, 1.165) is 39.0 Å². The first-order chi connectivity index (χ1) is 14.6. The van der Waals surface area contributed by atoms with Crippen molar-refractivity contribution in [2.75, 3.05) is 20.8 Å². The number of rotatable bonds is 6. The highest BCUT2D eigenvalue weighted by molar-refractivity contribution is 9.10. The van der Waals surface area contributed by atoms with Gasteiger partial charge in [-0.2, -0.15) is 5.10 Å². The third-order valence-corrected chi connectivity index (χ3v) is 5.54. The SMILES string of the molecule is COC(=O)c1c2c(nn1CCCNC(=O)OC(C)(C)C)-c1cc(Br)c(OC)cc1CC2. The van der Waals surface area contributed by atoms with Crippen LogP contribution in [0, 0.1) is 0 Å². The first-order valence-corrected chi connectivity index (χ1v) is 11.0. The molecule has 8 nitrogen and oxygen atoms in total. The maximum absolute atomic E-state index is 12.5. The van der Waals surface area contributed by atoms with E-state index in [9.17, 15) is 9.59 Å². The van der Waals surface area contributed by atoms with Crippen LogP contribution in [0.4, 0.5) is 4.79 Å². The number of esters is 1. The van der Waals surface area contributed by atoms with Crippen molar-refractivity contribution >= 4 is 28.0 Å². The first-order valence-electron chi connectivity index (χ1n) is 10.2. The van der Waals surface area contributed by atoms with E-state index >= 15 is 0 Å². The molecule has 1 aliphatic rings. The second-order valence-electron chi connectivity index (χ2n) is 8.32. The molecule has 1 aliphatic carbocycles. The van der Waals surface area contributed by atoms with E-state index in [1.165, 1.54) is 7.11 Å². The van der Waals surface area contributed by atoms with E-state index in [2.05, 4.69) is 21.2 Å². The van der Waals surface area contributed by atoms with Crippen LogP contribution in [0.25, 0.3) is 11.3 Å². The summed E-state index contributed by atoms with van der Waals surface area (Å²) in [6.07, 6.45) is 1.59. The van der Waals surface area contributed by atoms with Crippen molar-refractivity contribution in [1.82, 2.24) is 15.1 Å². The van der Waals surface area contributed by atoms with Crippen molar-refractivity contribution in [3.63, 3.8) is 0 Å². The van der Waals surface area contributed by atoms with Gasteiger partial charge in [0.15, 0.2) is 0 Å². The quantitative estimate of drug-likeness (QED) is 0.480. The zero-order chi connectivity index (χ0) is 22.8. The zero-order valence-corrected chi connectivity index (χ0v) is 20.1. The number of aromatic nitrogens is 2. The molecule has 1 aromatic heterocycles. The molecule has 3 rings (SSSR count). The number of fused-ring (bicyclic) bond motifs is 3. The fraction of sp³-hybridized carbons (Fsp3) is 0.500. The predicted molar refractivity (Wildman–Crippen MR) is 120 cm³/mol. The number of amides is 1. The molecule has 0 saturated heterocycles. The van der Waals surface area contributed by atoms with Crippen LogP contribution < -0.4 is 10.1 Å². The number of aryl methyl sites for hydroxylation is 2. The van der Waals surface area contributed by atoms with E-state index in [1.807, 2.05) is 32.9 Å². The molecule has 0 aliphatic heterocycles. The molecule has 1 amide bonds. The average Bonchev–Trinajstić information content (AvgIpc) is 3.07. The summed E-state index contributed by atoms with van der Waals surface area (Å²) in [5.41, 5.74) is 3.69. The number of carbonyl (C=O) groups excluding carboxylic acids is 2. The Morgan fingerprint density at radius 3 is 2.61 bits per heavy atom. The minimum atomic E-state index is -0.548. The summed E-state index contributed by atoms with van der Waals surface area (Å²) in [6.45, 7) is 6.30. The van der Waals surface area contributed by atoms with Gasteiger partial charge in [0.2, 0.25) is 0 Å². The number of nitrogens with zero attached hydrogens (tertiary/aromatic N) is 2. The fourth-order valence-electron chi connectivity index (χ4n) is 3.61. The van der Waals surface area contributed by atoms with Crippen LogP contribution in [0.5, 0.6) is 5.75 Å². The highest BCUT2D eigenvalue weighted by Gasteiger charge is 2.29. The molecule has 0 radical (unpaired) electrons. The van der Waals surface area contributed by atoms with Crippen molar-refractivity contribution in [3.05, 3.63) is 33.4 Å². The minimum absolute atomic E-state index is 0.402. The Kier molecular flexibility index (Phi) is 6.93. The van der Waals surface area contributed by atoms with E-state index in [0.29, 0.717) is 31.6 Å². The van der Waals surface area contributed by atoms with Crippen LogP contribution in [0.2, 0.25) is 0 Å². The summed E-state index contributed by atoms with van der Waals surface area (Å²) >= 11 is 3.54. The van der Waals surface area contributed by atoms with Gasteiger partial charge < -0.3 is 19.5 Å². The number of nitrogens with one attached hydrogen (secondary N) is 1. The van der Waals surface area contributed by atoms with Gasteiger partial charge in [-0.25, -0.2) is 9.59 Å². The predicted octanol–water partition coefficient (Wildman–Crippen LogP) is 4.12. The van der Waals surface area contributed by atoms with Gasteiger partial charge in [0.05, 0.1) is 24.4 Å². The molecule has 2 aromatic rings. The van der Waals surface area contributed by atoms with Gasteiger partial charge >= 0.3 is 12.1 Å². The number of alkyl carbamates (subject to hydrolysis) is 1. The molecule has 168 valence electrons. The number of benzene rings is 1. The summed E-state index contributed by atoms with van der Waals surface area (Å²) in [6, 6.07) is 3.98. The summed E-state index contributed by atoms with van der Waals surface area (Å²) in [5, 5.41) is 7.48. The molecule has 0 bridgehead atoms. The van der Waals surface area contributed by atoms with E-state index in [1.54, 1.807) is 11.8 Å². The second kappa shape index (κ2) is 9.30. The molecular weight excluding hydrogens is 466 g/mol. The number of hydrogen-bond acceptors (Lipinski definition) is 6. The number of halogens is 1. The molecule has 1 aromatic carbocycles. The molecule has 31 heavy (non-hydrogen) atoms. The van der Waals surface area contributed by atoms with Crippen molar-refractivity contribution < 1.29 is 23.8 Å². The maximum Gasteiger partial charge on any atom is 0.407 e. The highest BCUT2D eigenvalue weighted by Crippen LogP contribution is 2.40. The Bertz CT molecular complexity index is 994. The molecule has 0 saturated carbocycles. The number of carbonyl (C=O) groups is 2. The lowest BCUT2D eigenvalue weighted by atomic mass is 9.89. The topological polar surface area (TPSA) is 91.7 Å². The van der Waals surface area contributed by atoms with E-state index < -0.39 is 17.7 Å². The maximum atomic E-state index is 12.5. The van der Waals surface area contributed by atoms with Crippen molar-refractivity contribution in [2.45, 2.75) is 52.2 Å². The summed E-state index contributed by atoms with van der Waals surface area (Å²) in [7, 11) is 3.00. The smallest absolute Gasteiger partial charge is 0.407 e. The van der Waals surface area contributed by atoms with Crippen molar-refractivity contribution in [3.8, 4) is 17.0 Å². The second-order valence-corrected chi connectivity index (χ2v) is 9.17. The van der Waals surface area contributed by atoms with Crippen LogP contribution in [0.1, 0.15) is 48.8 Å². The lowest BCUT2D eigenvalue weighted by Gasteiger charge is -2.19. The van der Waals surface area contributed by atoms with Gasteiger partial charge in [-0.15, -0.1) is 0 Å². The number of ether oxygens (including phenoxy) is 3. The molecular formula is C22H28BrN3O5. The minimum Gasteiger partial charge on any atom is -0.496 e. The highest BCUT2D eigenvalue weighted by atomic mass is 79.9. The lowest BCUT2D eigenvalue weighted by molar-refractivity contribution is 0.0522. The number of methoxy groups -OCH3 is 2. The zero-order valence-electron chi connectivity index (χ0n) is 18.5. The Morgan fingerprint density at radius 1 is 1.23 bits per heavy atom. The van der Waals surface area contributed by atoms with Crippen LogP contribution >= 0.6 is 15.9 Å². The van der Waals surface area contributed by atoms with Crippen molar-refractivity contribution in [1.29, 1.82) is 0 Å². The van der Waals surface area contributed by atoms with Gasteiger partial charge in [-0.05, 0) is 73.7 Å². The molecule has 0 atom stereocenters. The van der Waals surface area contributed by atoms with Gasteiger partial charge in [0, 0.05) is 24.2 Å². The molecule has 9 heteroatoms. The fourth-order valence-corrected chi connectivity index (χ4v) is 4.12. The van der Waals surface area contributed by atoms with Gasteiger partial charge in [-0.1, -0.05) is 0 Å². The van der Waals surface area contributed by atoms with Crippen LogP contribution in [-0.4, -0.2) is 48.2 Å². The van der Waals surface area contributed by atoms with Gasteiger partial charge in [-0.3, -0.25) is 4.68 Å². The summed E-state index contributed by atoms with van der Waals surface area (Å²) in [4.78, 5) is 24.4. The average molecular weight is 494 g/mol. The first kappa shape index (κ1) is 23.1. The molecule has 0 fully saturated rings. The molecule has 1 heterocycles. The largest absolute Gasteiger partial charge is 0.496 e. The van der Waals surface area contributed by atoms with E-state index in [-0.39, 0.29) is 0 Å². The molecule has 0 unspecified atom stereocenters. The Balaban J connectivity index is 1.82.